The molecule has 0 amide bonds. The zero-order valence-electron chi connectivity index (χ0n) is 10.2. The summed E-state index contributed by atoms with van der Waals surface area (Å²) in [5, 5.41) is 8.81. The molecule has 102 valence electrons. The van der Waals surface area contributed by atoms with Crippen LogP contribution in [0.25, 0.3) is 0 Å². The topological polar surface area (TPSA) is 60.9 Å². The fourth-order valence-corrected chi connectivity index (χ4v) is 3.89. The Kier molecular flexibility index (Phi) is 6.16. The number of piperazine rings is 1. The maximum Gasteiger partial charge on any atom is 0.214 e. The second-order valence-corrected chi connectivity index (χ2v) is 6.82. The molecule has 1 heterocycles. The highest BCUT2D eigenvalue weighted by atomic mass is 35.5. The van der Waals surface area contributed by atoms with E-state index in [1.165, 1.54) is 4.31 Å². The van der Waals surface area contributed by atoms with Crippen LogP contribution in [0.1, 0.15) is 6.92 Å². The van der Waals surface area contributed by atoms with Crippen molar-refractivity contribution in [1.82, 2.24) is 9.21 Å². The lowest BCUT2D eigenvalue weighted by atomic mass is 10.3. The molecule has 0 saturated carbocycles. The van der Waals surface area contributed by atoms with Gasteiger partial charge >= 0.3 is 0 Å². The summed E-state index contributed by atoms with van der Waals surface area (Å²) in [7, 11) is -3.17. The van der Waals surface area contributed by atoms with Gasteiger partial charge in [0.1, 0.15) is 0 Å². The Morgan fingerprint density at radius 1 is 1.29 bits per heavy atom. The summed E-state index contributed by atoms with van der Waals surface area (Å²) < 4.78 is 25.6. The minimum atomic E-state index is -3.17. The average molecular weight is 285 g/mol. The van der Waals surface area contributed by atoms with Crippen molar-refractivity contribution in [2.75, 3.05) is 51.0 Å². The summed E-state index contributed by atoms with van der Waals surface area (Å²) in [5.41, 5.74) is 0. The summed E-state index contributed by atoms with van der Waals surface area (Å²) in [5.74, 6) is 0.470. The Morgan fingerprint density at radius 2 is 1.88 bits per heavy atom. The maximum atomic E-state index is 12.0. The van der Waals surface area contributed by atoms with E-state index in [9.17, 15) is 8.42 Å². The molecule has 7 heteroatoms. The van der Waals surface area contributed by atoms with Crippen LogP contribution in [0.3, 0.4) is 0 Å². The fraction of sp³-hybridized carbons (Fsp3) is 1.00. The zero-order chi connectivity index (χ0) is 12.9. The molecule has 0 aliphatic carbocycles. The van der Waals surface area contributed by atoms with Crippen molar-refractivity contribution in [3.8, 4) is 0 Å². The van der Waals surface area contributed by atoms with Gasteiger partial charge in [-0.1, -0.05) is 6.92 Å². The predicted molar refractivity (Wildman–Crippen MR) is 68.8 cm³/mol. The minimum Gasteiger partial charge on any atom is -0.395 e. The summed E-state index contributed by atoms with van der Waals surface area (Å²) in [6, 6.07) is 0. The second-order valence-electron chi connectivity index (χ2n) is 4.50. The third-order valence-corrected chi connectivity index (χ3v) is 5.57. The van der Waals surface area contributed by atoms with Gasteiger partial charge in [-0.25, -0.2) is 8.42 Å². The van der Waals surface area contributed by atoms with Crippen molar-refractivity contribution in [3.63, 3.8) is 0 Å². The highest BCUT2D eigenvalue weighted by molar-refractivity contribution is 7.89. The number of hydrogen-bond donors (Lipinski definition) is 1. The number of rotatable bonds is 6. The van der Waals surface area contributed by atoms with E-state index in [0.717, 1.165) is 0 Å². The lowest BCUT2D eigenvalue weighted by Crippen LogP contribution is -2.50. The molecule has 1 aliphatic rings. The van der Waals surface area contributed by atoms with Gasteiger partial charge in [-0.15, -0.1) is 11.6 Å². The SMILES string of the molecule is CC(CCl)CS(=O)(=O)N1CCN(CCO)CC1. The van der Waals surface area contributed by atoms with Gasteiger partial charge in [0.2, 0.25) is 10.0 Å². The fourth-order valence-electron chi connectivity index (χ4n) is 1.88. The van der Waals surface area contributed by atoms with Crippen molar-refractivity contribution in [3.05, 3.63) is 0 Å². The van der Waals surface area contributed by atoms with Gasteiger partial charge in [-0.3, -0.25) is 4.90 Å². The molecule has 0 aromatic heterocycles. The molecule has 1 fully saturated rings. The van der Waals surface area contributed by atoms with Crippen LogP contribution in [0.4, 0.5) is 0 Å². The molecule has 1 saturated heterocycles. The normalized spacial score (nSPS) is 21.6. The number of β-amino-alcohol motifs (C(OH)–C–C–N with tert-alkyl or cyclic N) is 1. The molecule has 0 aromatic rings. The molecule has 0 spiro atoms. The highest BCUT2D eigenvalue weighted by Gasteiger charge is 2.27. The van der Waals surface area contributed by atoms with Gasteiger partial charge in [-0.2, -0.15) is 4.31 Å². The Hall–Kier alpha value is 0.120. The molecule has 0 aromatic carbocycles. The first-order chi connectivity index (χ1) is 7.99. The quantitative estimate of drug-likeness (QED) is 0.687. The Morgan fingerprint density at radius 3 is 2.35 bits per heavy atom. The molecule has 0 radical (unpaired) electrons. The van der Waals surface area contributed by atoms with E-state index in [-0.39, 0.29) is 18.3 Å². The Balaban J connectivity index is 2.47. The molecule has 1 atom stereocenters. The van der Waals surface area contributed by atoms with Crippen molar-refractivity contribution >= 4 is 21.6 Å². The molecule has 0 bridgehead atoms. The Bertz CT molecular complexity index is 316. The van der Waals surface area contributed by atoms with Crippen LogP contribution in [-0.4, -0.2) is 73.7 Å². The van der Waals surface area contributed by atoms with E-state index in [2.05, 4.69) is 4.90 Å². The summed E-state index contributed by atoms with van der Waals surface area (Å²) in [4.78, 5) is 2.07. The number of alkyl halides is 1. The number of sulfonamides is 1. The first-order valence-electron chi connectivity index (χ1n) is 5.86. The average Bonchev–Trinajstić information content (AvgIpc) is 2.29. The molecule has 17 heavy (non-hydrogen) atoms. The third kappa shape index (κ3) is 4.71. The summed E-state index contributed by atoms with van der Waals surface area (Å²) >= 11 is 5.64. The van der Waals surface area contributed by atoms with E-state index in [4.69, 9.17) is 16.7 Å². The maximum absolute atomic E-state index is 12.0. The van der Waals surface area contributed by atoms with Crippen LogP contribution >= 0.6 is 11.6 Å². The standard InChI is InChI=1S/C10H21ClN2O3S/c1-10(8-11)9-17(15,16)13-4-2-12(3-5-13)6-7-14/h10,14H,2-9H2,1H3. The summed E-state index contributed by atoms with van der Waals surface area (Å²) in [6.07, 6.45) is 0. The number of halogens is 1. The van der Waals surface area contributed by atoms with Crippen molar-refractivity contribution in [2.45, 2.75) is 6.92 Å². The zero-order valence-corrected chi connectivity index (χ0v) is 11.8. The number of aliphatic hydroxyl groups excluding tert-OH is 1. The van der Waals surface area contributed by atoms with Gasteiger partial charge in [0.05, 0.1) is 12.4 Å². The first kappa shape index (κ1) is 15.2. The number of hydrogen-bond acceptors (Lipinski definition) is 4. The molecule has 1 N–H and O–H groups in total. The molecule has 5 nitrogen and oxygen atoms in total. The predicted octanol–water partition coefficient (Wildman–Crippen LogP) is -0.199. The lowest BCUT2D eigenvalue weighted by molar-refractivity contribution is 0.151. The smallest absolute Gasteiger partial charge is 0.214 e. The molecular formula is C10H21ClN2O3S. The molecular weight excluding hydrogens is 264 g/mol. The van der Waals surface area contributed by atoms with Gasteiger partial charge in [-0.05, 0) is 5.92 Å². The van der Waals surface area contributed by atoms with Crippen molar-refractivity contribution in [2.24, 2.45) is 5.92 Å². The number of nitrogens with zero attached hydrogens (tertiary/aromatic N) is 2. The molecule has 1 unspecified atom stereocenters. The Labute approximate surface area is 108 Å². The summed E-state index contributed by atoms with van der Waals surface area (Å²) in [6.45, 7) is 4.98. The highest BCUT2D eigenvalue weighted by Crippen LogP contribution is 2.12. The molecule has 1 rings (SSSR count). The van der Waals surface area contributed by atoms with Gasteiger partial charge < -0.3 is 5.11 Å². The van der Waals surface area contributed by atoms with Crippen LogP contribution in [-0.2, 0) is 10.0 Å². The van der Waals surface area contributed by atoms with Gasteiger partial charge in [0.15, 0.2) is 0 Å². The van der Waals surface area contributed by atoms with Gasteiger partial charge in [0.25, 0.3) is 0 Å². The van der Waals surface area contributed by atoms with E-state index < -0.39 is 10.0 Å². The second kappa shape index (κ2) is 6.89. The largest absolute Gasteiger partial charge is 0.395 e. The van der Waals surface area contributed by atoms with E-state index in [1.807, 2.05) is 6.92 Å². The minimum absolute atomic E-state index is 0.0165. The lowest BCUT2D eigenvalue weighted by Gasteiger charge is -2.33. The first-order valence-corrected chi connectivity index (χ1v) is 8.01. The van der Waals surface area contributed by atoms with Crippen LogP contribution < -0.4 is 0 Å². The molecule has 1 aliphatic heterocycles. The van der Waals surface area contributed by atoms with Crippen LogP contribution in [0.5, 0.6) is 0 Å². The number of aliphatic hydroxyl groups is 1. The van der Waals surface area contributed by atoms with E-state index in [0.29, 0.717) is 38.6 Å². The third-order valence-electron chi connectivity index (χ3n) is 2.90. The van der Waals surface area contributed by atoms with Crippen LogP contribution in [0.2, 0.25) is 0 Å². The van der Waals surface area contributed by atoms with E-state index in [1.54, 1.807) is 0 Å². The van der Waals surface area contributed by atoms with Gasteiger partial charge in [0, 0.05) is 38.6 Å². The van der Waals surface area contributed by atoms with Crippen LogP contribution in [0.15, 0.2) is 0 Å². The monoisotopic (exact) mass is 284 g/mol. The van der Waals surface area contributed by atoms with Crippen molar-refractivity contribution in [1.29, 1.82) is 0 Å². The van der Waals surface area contributed by atoms with Crippen molar-refractivity contribution < 1.29 is 13.5 Å². The van der Waals surface area contributed by atoms with E-state index >= 15 is 0 Å². The van der Waals surface area contributed by atoms with Crippen LogP contribution in [0, 0.1) is 5.92 Å².